The van der Waals surface area contributed by atoms with Gasteiger partial charge in [0.1, 0.15) is 0 Å². The van der Waals surface area contributed by atoms with E-state index in [1.165, 1.54) is 11.1 Å². The molecule has 0 radical (unpaired) electrons. The molecule has 2 aromatic rings. The lowest BCUT2D eigenvalue weighted by Crippen LogP contribution is -2.24. The van der Waals surface area contributed by atoms with Gasteiger partial charge in [0.2, 0.25) is 0 Å². The quantitative estimate of drug-likeness (QED) is 0.777. The predicted molar refractivity (Wildman–Crippen MR) is 72.7 cm³/mol. The van der Waals surface area contributed by atoms with Crippen molar-refractivity contribution in [2.24, 2.45) is 5.92 Å². The fourth-order valence-corrected chi connectivity index (χ4v) is 2.75. The summed E-state index contributed by atoms with van der Waals surface area (Å²) in [7, 11) is 0. The highest BCUT2D eigenvalue weighted by atomic mass is 16.1. The second-order valence-electron chi connectivity index (χ2n) is 4.95. The maximum absolute atomic E-state index is 12.4. The van der Waals surface area contributed by atoms with Crippen LogP contribution in [-0.4, -0.2) is 5.78 Å². The summed E-state index contributed by atoms with van der Waals surface area (Å²) in [6, 6.07) is 18.3. The van der Waals surface area contributed by atoms with Gasteiger partial charge < -0.3 is 0 Å². The molecule has 1 atom stereocenters. The molecule has 1 heteroatoms. The second-order valence-corrected chi connectivity index (χ2v) is 4.95. The van der Waals surface area contributed by atoms with Crippen LogP contribution in [0.2, 0.25) is 0 Å². The Morgan fingerprint density at radius 1 is 0.944 bits per heavy atom. The van der Waals surface area contributed by atoms with Crippen LogP contribution in [0.25, 0.3) is 0 Å². The fraction of sp³-hybridized carbons (Fsp3) is 0.235. The molecule has 0 heterocycles. The molecule has 1 aliphatic rings. The van der Waals surface area contributed by atoms with Crippen molar-refractivity contribution in [1.29, 1.82) is 0 Å². The minimum Gasteiger partial charge on any atom is -0.294 e. The van der Waals surface area contributed by atoms with Crippen molar-refractivity contribution >= 4 is 5.78 Å². The number of benzene rings is 2. The van der Waals surface area contributed by atoms with Crippen LogP contribution in [0, 0.1) is 5.92 Å². The average molecular weight is 236 g/mol. The number of hydrogen-bond donors (Lipinski definition) is 0. The molecule has 0 N–H and O–H groups in total. The maximum atomic E-state index is 12.4. The molecule has 0 amide bonds. The third kappa shape index (κ3) is 2.08. The molecule has 18 heavy (non-hydrogen) atoms. The molecular weight excluding hydrogens is 220 g/mol. The first kappa shape index (κ1) is 11.2. The molecular formula is C17H16O. The third-order valence-corrected chi connectivity index (χ3v) is 3.74. The first-order valence-corrected chi connectivity index (χ1v) is 6.50. The van der Waals surface area contributed by atoms with Crippen LogP contribution in [-0.2, 0) is 12.8 Å². The molecule has 0 saturated heterocycles. The van der Waals surface area contributed by atoms with Gasteiger partial charge in [-0.15, -0.1) is 0 Å². The topological polar surface area (TPSA) is 17.1 Å². The first-order chi connectivity index (χ1) is 8.84. The Morgan fingerprint density at radius 3 is 2.50 bits per heavy atom. The minimum absolute atomic E-state index is 0.155. The zero-order chi connectivity index (χ0) is 12.4. The van der Waals surface area contributed by atoms with Crippen molar-refractivity contribution in [3.05, 3.63) is 71.3 Å². The van der Waals surface area contributed by atoms with Gasteiger partial charge >= 0.3 is 0 Å². The predicted octanol–water partition coefficient (Wildman–Crippen LogP) is 3.67. The van der Waals surface area contributed by atoms with E-state index in [2.05, 4.69) is 18.2 Å². The Labute approximate surface area is 107 Å². The highest BCUT2D eigenvalue weighted by molar-refractivity contribution is 6.00. The Balaban J connectivity index is 1.83. The van der Waals surface area contributed by atoms with Gasteiger partial charge in [-0.05, 0) is 30.4 Å². The van der Waals surface area contributed by atoms with Crippen molar-refractivity contribution in [3.8, 4) is 0 Å². The van der Waals surface area contributed by atoms with Gasteiger partial charge in [-0.2, -0.15) is 0 Å². The Hall–Kier alpha value is -1.89. The highest BCUT2D eigenvalue weighted by Crippen LogP contribution is 2.27. The molecule has 0 saturated carbocycles. The van der Waals surface area contributed by atoms with E-state index in [1.807, 2.05) is 36.4 Å². The average Bonchev–Trinajstić information content (AvgIpc) is 2.43. The summed E-state index contributed by atoms with van der Waals surface area (Å²) >= 11 is 0. The van der Waals surface area contributed by atoms with Gasteiger partial charge in [-0.3, -0.25) is 4.79 Å². The van der Waals surface area contributed by atoms with Gasteiger partial charge in [0.25, 0.3) is 0 Å². The molecule has 0 fully saturated rings. The number of ketones is 1. The number of hydrogen-bond acceptors (Lipinski definition) is 1. The summed E-state index contributed by atoms with van der Waals surface area (Å²) in [6.07, 6.45) is 2.87. The monoisotopic (exact) mass is 236 g/mol. The Kier molecular flexibility index (Phi) is 2.97. The molecule has 0 aromatic heterocycles. The minimum atomic E-state index is 0.155. The molecule has 0 aliphatic heterocycles. The number of rotatable bonds is 2. The van der Waals surface area contributed by atoms with Crippen molar-refractivity contribution in [2.45, 2.75) is 19.3 Å². The Morgan fingerprint density at radius 2 is 1.67 bits per heavy atom. The van der Waals surface area contributed by atoms with Gasteiger partial charge in [0.15, 0.2) is 5.78 Å². The molecule has 90 valence electrons. The molecule has 1 aliphatic carbocycles. The number of Topliss-reactive ketones (excluding diaryl/α,β-unsaturated/α-hetero) is 1. The first-order valence-electron chi connectivity index (χ1n) is 6.50. The van der Waals surface area contributed by atoms with Crippen LogP contribution in [0.4, 0.5) is 0 Å². The maximum Gasteiger partial charge on any atom is 0.166 e. The van der Waals surface area contributed by atoms with Crippen LogP contribution in [0.3, 0.4) is 0 Å². The molecule has 2 aromatic carbocycles. The zero-order valence-electron chi connectivity index (χ0n) is 10.3. The standard InChI is InChI=1S/C17H16O/c18-17-15(12-13-6-2-1-3-7-13)11-10-14-8-4-5-9-16(14)17/h1-9,15H,10-12H2/t15-/m1/s1. The number of aryl methyl sites for hydroxylation is 1. The summed E-state index contributed by atoms with van der Waals surface area (Å²) in [4.78, 5) is 12.4. The van der Waals surface area contributed by atoms with E-state index in [0.29, 0.717) is 5.78 Å². The largest absolute Gasteiger partial charge is 0.294 e. The van der Waals surface area contributed by atoms with E-state index in [4.69, 9.17) is 0 Å². The summed E-state index contributed by atoms with van der Waals surface area (Å²) in [5.41, 5.74) is 3.41. The van der Waals surface area contributed by atoms with Gasteiger partial charge in [0, 0.05) is 11.5 Å². The van der Waals surface area contributed by atoms with Crippen LogP contribution in [0.5, 0.6) is 0 Å². The van der Waals surface area contributed by atoms with Crippen molar-refractivity contribution < 1.29 is 4.79 Å². The van der Waals surface area contributed by atoms with E-state index >= 15 is 0 Å². The molecule has 0 spiro atoms. The lowest BCUT2D eigenvalue weighted by molar-refractivity contribution is 0.0901. The van der Waals surface area contributed by atoms with E-state index in [9.17, 15) is 4.79 Å². The zero-order valence-corrected chi connectivity index (χ0v) is 10.3. The molecule has 0 unspecified atom stereocenters. The van der Waals surface area contributed by atoms with E-state index in [-0.39, 0.29) is 5.92 Å². The summed E-state index contributed by atoms with van der Waals surface area (Å²) in [6.45, 7) is 0. The highest BCUT2D eigenvalue weighted by Gasteiger charge is 2.26. The smallest absolute Gasteiger partial charge is 0.166 e. The van der Waals surface area contributed by atoms with Gasteiger partial charge in [-0.1, -0.05) is 54.6 Å². The van der Waals surface area contributed by atoms with E-state index in [0.717, 1.165) is 24.8 Å². The van der Waals surface area contributed by atoms with E-state index < -0.39 is 0 Å². The van der Waals surface area contributed by atoms with Crippen LogP contribution >= 0.6 is 0 Å². The molecule has 1 nitrogen and oxygen atoms in total. The Bertz CT molecular complexity index is 557. The van der Waals surface area contributed by atoms with Crippen molar-refractivity contribution in [2.75, 3.05) is 0 Å². The van der Waals surface area contributed by atoms with Gasteiger partial charge in [-0.25, -0.2) is 0 Å². The number of carbonyl (C=O) groups excluding carboxylic acids is 1. The molecule has 0 bridgehead atoms. The second kappa shape index (κ2) is 4.77. The summed E-state index contributed by atoms with van der Waals surface area (Å²) in [5, 5.41) is 0. The van der Waals surface area contributed by atoms with Crippen LogP contribution in [0.15, 0.2) is 54.6 Å². The van der Waals surface area contributed by atoms with Gasteiger partial charge in [0.05, 0.1) is 0 Å². The third-order valence-electron chi connectivity index (χ3n) is 3.74. The SMILES string of the molecule is O=C1c2ccccc2CC[C@@H]1Cc1ccccc1. The number of carbonyl (C=O) groups is 1. The van der Waals surface area contributed by atoms with Crippen LogP contribution in [0.1, 0.15) is 27.9 Å². The summed E-state index contributed by atoms with van der Waals surface area (Å²) < 4.78 is 0. The number of fused-ring (bicyclic) bond motifs is 1. The van der Waals surface area contributed by atoms with Crippen molar-refractivity contribution in [3.63, 3.8) is 0 Å². The fourth-order valence-electron chi connectivity index (χ4n) is 2.75. The normalized spacial score (nSPS) is 18.4. The van der Waals surface area contributed by atoms with E-state index in [1.54, 1.807) is 0 Å². The lowest BCUT2D eigenvalue weighted by Gasteiger charge is -2.23. The molecule has 3 rings (SSSR count). The van der Waals surface area contributed by atoms with Crippen molar-refractivity contribution in [1.82, 2.24) is 0 Å². The van der Waals surface area contributed by atoms with Crippen LogP contribution < -0.4 is 0 Å². The summed E-state index contributed by atoms with van der Waals surface area (Å²) in [5.74, 6) is 0.475. The lowest BCUT2D eigenvalue weighted by atomic mass is 9.80.